The van der Waals surface area contributed by atoms with Crippen molar-refractivity contribution in [3.8, 4) is 0 Å². The van der Waals surface area contributed by atoms with Gasteiger partial charge >= 0.3 is 0 Å². The number of aromatic nitrogens is 4. The van der Waals surface area contributed by atoms with Gasteiger partial charge in [-0.25, -0.2) is 15.0 Å². The summed E-state index contributed by atoms with van der Waals surface area (Å²) in [7, 11) is 1.35. The zero-order valence-corrected chi connectivity index (χ0v) is 13.1. The van der Waals surface area contributed by atoms with Crippen molar-refractivity contribution >= 4 is 11.2 Å². The van der Waals surface area contributed by atoms with Gasteiger partial charge in [0.1, 0.15) is 36.3 Å². The molecule has 10 nitrogen and oxygen atoms in total. The molecule has 1 aliphatic rings. The molecule has 2 aromatic heterocycles. The third-order valence-corrected chi connectivity index (χ3v) is 3.94. The predicted octanol–water partition coefficient (Wildman–Crippen LogP) is -1.70. The van der Waals surface area contributed by atoms with E-state index in [1.54, 1.807) is 12.5 Å². The van der Waals surface area contributed by atoms with Crippen LogP contribution in [0.4, 0.5) is 0 Å². The summed E-state index contributed by atoms with van der Waals surface area (Å²) in [5.74, 6) is 0. The van der Waals surface area contributed by atoms with Crippen LogP contribution in [0.25, 0.3) is 11.2 Å². The smallest absolute Gasteiger partial charge is 0.186 e. The highest BCUT2D eigenvalue weighted by atomic mass is 16.7. The summed E-state index contributed by atoms with van der Waals surface area (Å²) in [5, 5.41) is 29.4. The van der Waals surface area contributed by atoms with Crippen LogP contribution in [-0.2, 0) is 20.8 Å². The normalized spacial score (nSPS) is 30.8. The molecule has 1 aliphatic heterocycles. The fourth-order valence-electron chi connectivity index (χ4n) is 2.59. The third-order valence-electron chi connectivity index (χ3n) is 3.94. The second-order valence-electron chi connectivity index (χ2n) is 5.49. The van der Waals surface area contributed by atoms with E-state index in [-0.39, 0.29) is 6.61 Å². The van der Waals surface area contributed by atoms with Gasteiger partial charge in [-0.1, -0.05) is 0 Å². The minimum atomic E-state index is -1.36. The van der Waals surface area contributed by atoms with Crippen LogP contribution in [0.5, 0.6) is 0 Å². The number of imidazole rings is 1. The lowest BCUT2D eigenvalue weighted by Gasteiger charge is -2.39. The number of fused-ring (bicyclic) bond motifs is 1. The Kier molecular flexibility index (Phi) is 5.33. The molecular weight excluding hydrogens is 320 g/mol. The van der Waals surface area contributed by atoms with E-state index in [2.05, 4.69) is 15.0 Å². The second-order valence-corrected chi connectivity index (χ2v) is 5.49. The molecule has 0 spiro atoms. The Bertz CT molecular complexity index is 666. The molecule has 24 heavy (non-hydrogen) atoms. The van der Waals surface area contributed by atoms with Crippen molar-refractivity contribution < 1.29 is 29.5 Å². The Morgan fingerprint density at radius 1 is 1.21 bits per heavy atom. The van der Waals surface area contributed by atoms with Gasteiger partial charge in [-0.2, -0.15) is 0 Å². The average molecular weight is 340 g/mol. The van der Waals surface area contributed by atoms with Gasteiger partial charge in [0.05, 0.1) is 25.7 Å². The van der Waals surface area contributed by atoms with E-state index in [1.165, 1.54) is 13.4 Å². The van der Waals surface area contributed by atoms with Gasteiger partial charge < -0.3 is 34.1 Å². The monoisotopic (exact) mass is 340 g/mol. The van der Waals surface area contributed by atoms with Crippen molar-refractivity contribution in [2.75, 3.05) is 20.3 Å². The number of rotatable bonds is 6. The lowest BCUT2D eigenvalue weighted by atomic mass is 9.99. The van der Waals surface area contributed by atoms with E-state index < -0.39 is 30.7 Å². The standard InChI is InChI=1S/C14H20N4O6/c1-22-14-12(21)11(20)10(19)9(24-14)5-23-3-2-18-7-17-8-4-15-6-16-13(8)18/h4,6-7,9-12,14,19-21H,2-3,5H2,1H3/t9-,10-,11+,12-,14?/m1/s1. The summed E-state index contributed by atoms with van der Waals surface area (Å²) in [5.41, 5.74) is 1.41. The van der Waals surface area contributed by atoms with Crippen molar-refractivity contribution in [1.29, 1.82) is 0 Å². The van der Waals surface area contributed by atoms with Gasteiger partial charge in [0.15, 0.2) is 11.9 Å². The maximum Gasteiger partial charge on any atom is 0.186 e. The van der Waals surface area contributed by atoms with Crippen LogP contribution >= 0.6 is 0 Å². The van der Waals surface area contributed by atoms with E-state index in [0.717, 1.165) is 0 Å². The number of ether oxygens (including phenoxy) is 3. The molecule has 3 heterocycles. The molecule has 132 valence electrons. The zero-order valence-electron chi connectivity index (χ0n) is 13.1. The molecule has 0 saturated carbocycles. The zero-order chi connectivity index (χ0) is 17.1. The highest BCUT2D eigenvalue weighted by Crippen LogP contribution is 2.21. The van der Waals surface area contributed by atoms with Crippen LogP contribution in [0, 0.1) is 0 Å². The van der Waals surface area contributed by atoms with Gasteiger partial charge in [0, 0.05) is 13.7 Å². The van der Waals surface area contributed by atoms with Crippen molar-refractivity contribution in [3.63, 3.8) is 0 Å². The van der Waals surface area contributed by atoms with Crippen LogP contribution in [0.1, 0.15) is 0 Å². The molecule has 0 aliphatic carbocycles. The molecule has 0 radical (unpaired) electrons. The average Bonchev–Trinajstić information content (AvgIpc) is 3.01. The molecule has 1 fully saturated rings. The van der Waals surface area contributed by atoms with Gasteiger partial charge in [0.2, 0.25) is 0 Å². The molecule has 3 rings (SSSR count). The SMILES string of the molecule is COC1O[C@H](COCCn2cnc3cncnc32)[C@@H](O)[C@H](O)[C@H]1O. The Hall–Kier alpha value is -1.69. The van der Waals surface area contributed by atoms with E-state index in [4.69, 9.17) is 14.2 Å². The Morgan fingerprint density at radius 2 is 2.04 bits per heavy atom. The van der Waals surface area contributed by atoms with Gasteiger partial charge in [-0.15, -0.1) is 0 Å². The first kappa shape index (κ1) is 17.1. The number of aliphatic hydroxyl groups excluding tert-OH is 3. The molecule has 10 heteroatoms. The lowest BCUT2D eigenvalue weighted by molar-refractivity contribution is -0.296. The summed E-state index contributed by atoms with van der Waals surface area (Å²) in [6, 6.07) is 0. The first-order valence-electron chi connectivity index (χ1n) is 7.53. The minimum Gasteiger partial charge on any atom is -0.387 e. The maximum atomic E-state index is 9.94. The molecular formula is C14H20N4O6. The largest absolute Gasteiger partial charge is 0.387 e. The Morgan fingerprint density at radius 3 is 2.83 bits per heavy atom. The second kappa shape index (κ2) is 7.47. The van der Waals surface area contributed by atoms with Crippen molar-refractivity contribution in [2.45, 2.75) is 37.3 Å². The molecule has 1 unspecified atom stereocenters. The third kappa shape index (κ3) is 3.38. The lowest BCUT2D eigenvalue weighted by Crippen LogP contribution is -2.59. The summed E-state index contributed by atoms with van der Waals surface area (Å²) < 4.78 is 17.7. The Labute approximate surface area is 137 Å². The van der Waals surface area contributed by atoms with E-state index in [9.17, 15) is 15.3 Å². The van der Waals surface area contributed by atoms with Crippen molar-refractivity contribution in [1.82, 2.24) is 19.5 Å². The van der Waals surface area contributed by atoms with Crippen LogP contribution < -0.4 is 0 Å². The van der Waals surface area contributed by atoms with Crippen molar-refractivity contribution in [2.24, 2.45) is 0 Å². The molecule has 3 N–H and O–H groups in total. The number of methoxy groups -OCH3 is 1. The summed E-state index contributed by atoms with van der Waals surface area (Å²) in [6.07, 6.45) is -0.996. The molecule has 0 aromatic carbocycles. The molecule has 2 aromatic rings. The van der Waals surface area contributed by atoms with E-state index >= 15 is 0 Å². The van der Waals surface area contributed by atoms with Crippen LogP contribution in [0.2, 0.25) is 0 Å². The molecule has 0 amide bonds. The van der Waals surface area contributed by atoms with Crippen molar-refractivity contribution in [3.05, 3.63) is 18.9 Å². The van der Waals surface area contributed by atoms with Gasteiger partial charge in [-0.3, -0.25) is 0 Å². The van der Waals surface area contributed by atoms with E-state index in [1.807, 2.05) is 4.57 Å². The molecule has 0 bridgehead atoms. The summed E-state index contributed by atoms with van der Waals surface area (Å²) in [6.45, 7) is 0.889. The Balaban J connectivity index is 1.51. The van der Waals surface area contributed by atoms with Crippen LogP contribution in [-0.4, -0.2) is 85.9 Å². The number of hydrogen-bond donors (Lipinski definition) is 3. The number of nitrogens with zero attached hydrogens (tertiary/aromatic N) is 4. The topological polar surface area (TPSA) is 132 Å². The van der Waals surface area contributed by atoms with Gasteiger partial charge in [0.25, 0.3) is 0 Å². The van der Waals surface area contributed by atoms with Crippen LogP contribution in [0.3, 0.4) is 0 Å². The highest BCUT2D eigenvalue weighted by Gasteiger charge is 2.43. The number of hydrogen-bond acceptors (Lipinski definition) is 9. The molecule has 5 atom stereocenters. The minimum absolute atomic E-state index is 0.0480. The fourth-order valence-corrected chi connectivity index (χ4v) is 2.59. The summed E-state index contributed by atoms with van der Waals surface area (Å²) in [4.78, 5) is 12.2. The van der Waals surface area contributed by atoms with Crippen LogP contribution in [0.15, 0.2) is 18.9 Å². The maximum absolute atomic E-state index is 9.94. The van der Waals surface area contributed by atoms with Gasteiger partial charge in [-0.05, 0) is 0 Å². The van der Waals surface area contributed by atoms with E-state index in [0.29, 0.717) is 24.3 Å². The quantitative estimate of drug-likeness (QED) is 0.526. The molecule has 1 saturated heterocycles. The number of aliphatic hydroxyl groups is 3. The first-order chi connectivity index (χ1) is 11.6. The fraction of sp³-hybridized carbons (Fsp3) is 0.643. The predicted molar refractivity (Wildman–Crippen MR) is 79.8 cm³/mol. The first-order valence-corrected chi connectivity index (χ1v) is 7.53. The summed E-state index contributed by atoms with van der Waals surface area (Å²) >= 11 is 0. The highest BCUT2D eigenvalue weighted by molar-refractivity contribution is 5.68.